The largest absolute Gasteiger partial charge is 0.348 e. The van der Waals surface area contributed by atoms with Crippen LogP contribution < -0.4 is 10.6 Å². The van der Waals surface area contributed by atoms with Gasteiger partial charge in [0.25, 0.3) is 11.8 Å². The Hall–Kier alpha value is -3.40. The SMILES string of the molecule is CCc1ccc(NC(=O)c2ccc(C(=O)NCc3ccccc3)cc2)cc1. The highest BCUT2D eigenvalue weighted by atomic mass is 16.2. The molecule has 27 heavy (non-hydrogen) atoms. The van der Waals surface area contributed by atoms with Gasteiger partial charge in [-0.05, 0) is 53.9 Å². The van der Waals surface area contributed by atoms with Gasteiger partial charge < -0.3 is 10.6 Å². The van der Waals surface area contributed by atoms with Crippen molar-refractivity contribution in [2.75, 3.05) is 5.32 Å². The summed E-state index contributed by atoms with van der Waals surface area (Å²) in [5.74, 6) is -0.364. The standard InChI is InChI=1S/C23H22N2O2/c1-2-17-8-14-21(15-9-17)25-23(27)20-12-10-19(11-13-20)22(26)24-16-18-6-4-3-5-7-18/h3-15H,2,16H2,1H3,(H,24,26)(H,25,27). The van der Waals surface area contributed by atoms with Gasteiger partial charge in [-0.25, -0.2) is 0 Å². The summed E-state index contributed by atoms with van der Waals surface area (Å²) in [6.07, 6.45) is 0.960. The first kappa shape index (κ1) is 18.4. The number of amides is 2. The summed E-state index contributed by atoms with van der Waals surface area (Å²) in [5.41, 5.74) is 4.04. The van der Waals surface area contributed by atoms with Crippen molar-refractivity contribution in [1.82, 2.24) is 5.32 Å². The molecular formula is C23H22N2O2. The lowest BCUT2D eigenvalue weighted by Crippen LogP contribution is -2.22. The van der Waals surface area contributed by atoms with Gasteiger partial charge in [0.2, 0.25) is 0 Å². The number of anilines is 1. The smallest absolute Gasteiger partial charge is 0.255 e. The van der Waals surface area contributed by atoms with Crippen molar-refractivity contribution >= 4 is 17.5 Å². The molecule has 2 amide bonds. The number of aryl methyl sites for hydroxylation is 1. The van der Waals surface area contributed by atoms with E-state index in [2.05, 4.69) is 17.6 Å². The van der Waals surface area contributed by atoms with E-state index in [0.29, 0.717) is 17.7 Å². The first-order valence-corrected chi connectivity index (χ1v) is 8.98. The maximum atomic E-state index is 12.3. The Morgan fingerprint density at radius 2 is 1.30 bits per heavy atom. The second-order valence-corrected chi connectivity index (χ2v) is 6.25. The van der Waals surface area contributed by atoms with Crippen LogP contribution in [0.4, 0.5) is 5.69 Å². The summed E-state index contributed by atoms with van der Waals surface area (Å²) in [6.45, 7) is 2.56. The second-order valence-electron chi connectivity index (χ2n) is 6.25. The molecule has 0 saturated carbocycles. The lowest BCUT2D eigenvalue weighted by Gasteiger charge is -2.08. The zero-order chi connectivity index (χ0) is 19.1. The maximum absolute atomic E-state index is 12.3. The lowest BCUT2D eigenvalue weighted by atomic mass is 10.1. The number of hydrogen-bond donors (Lipinski definition) is 2. The van der Waals surface area contributed by atoms with E-state index in [4.69, 9.17) is 0 Å². The van der Waals surface area contributed by atoms with E-state index in [1.165, 1.54) is 5.56 Å². The van der Waals surface area contributed by atoms with E-state index in [-0.39, 0.29) is 11.8 Å². The van der Waals surface area contributed by atoms with Crippen LogP contribution in [-0.2, 0) is 13.0 Å². The van der Waals surface area contributed by atoms with Gasteiger partial charge >= 0.3 is 0 Å². The van der Waals surface area contributed by atoms with Crippen LogP contribution in [0, 0.1) is 0 Å². The number of benzene rings is 3. The molecular weight excluding hydrogens is 336 g/mol. The molecule has 0 unspecified atom stereocenters. The van der Waals surface area contributed by atoms with Crippen LogP contribution in [0.25, 0.3) is 0 Å². The number of rotatable bonds is 6. The normalized spacial score (nSPS) is 10.3. The van der Waals surface area contributed by atoms with Gasteiger partial charge in [-0.15, -0.1) is 0 Å². The van der Waals surface area contributed by atoms with Crippen LogP contribution in [-0.4, -0.2) is 11.8 Å². The zero-order valence-corrected chi connectivity index (χ0v) is 15.2. The van der Waals surface area contributed by atoms with Crippen molar-refractivity contribution in [2.24, 2.45) is 0 Å². The monoisotopic (exact) mass is 358 g/mol. The van der Waals surface area contributed by atoms with Gasteiger partial charge in [0.15, 0.2) is 0 Å². The highest BCUT2D eigenvalue weighted by Crippen LogP contribution is 2.12. The van der Waals surface area contributed by atoms with Crippen molar-refractivity contribution < 1.29 is 9.59 Å². The van der Waals surface area contributed by atoms with Crippen LogP contribution >= 0.6 is 0 Å². The van der Waals surface area contributed by atoms with Crippen LogP contribution in [0.5, 0.6) is 0 Å². The maximum Gasteiger partial charge on any atom is 0.255 e. The average molecular weight is 358 g/mol. The molecule has 0 atom stereocenters. The highest BCUT2D eigenvalue weighted by Gasteiger charge is 2.09. The number of nitrogens with one attached hydrogen (secondary N) is 2. The molecule has 0 bridgehead atoms. The Morgan fingerprint density at radius 3 is 1.89 bits per heavy atom. The van der Waals surface area contributed by atoms with Crippen LogP contribution in [0.15, 0.2) is 78.9 Å². The summed E-state index contributed by atoms with van der Waals surface area (Å²) in [4.78, 5) is 24.6. The highest BCUT2D eigenvalue weighted by molar-refractivity contribution is 6.05. The van der Waals surface area contributed by atoms with Crippen LogP contribution in [0.3, 0.4) is 0 Å². The minimum atomic E-state index is -0.199. The molecule has 0 aromatic heterocycles. The van der Waals surface area contributed by atoms with E-state index in [9.17, 15) is 9.59 Å². The van der Waals surface area contributed by atoms with E-state index < -0.39 is 0 Å². The van der Waals surface area contributed by atoms with Crippen LogP contribution in [0.1, 0.15) is 38.8 Å². The Morgan fingerprint density at radius 1 is 0.704 bits per heavy atom. The molecule has 0 fully saturated rings. The molecule has 0 aliphatic heterocycles. The zero-order valence-electron chi connectivity index (χ0n) is 15.2. The fraction of sp³-hybridized carbons (Fsp3) is 0.130. The first-order chi connectivity index (χ1) is 13.2. The molecule has 0 radical (unpaired) electrons. The van der Waals surface area contributed by atoms with Crippen molar-refractivity contribution in [3.05, 3.63) is 101 Å². The molecule has 2 N–H and O–H groups in total. The Kier molecular flexibility index (Phi) is 6.00. The van der Waals surface area contributed by atoms with Gasteiger partial charge in [-0.2, -0.15) is 0 Å². The summed E-state index contributed by atoms with van der Waals surface area (Å²) in [6, 6.07) is 24.1. The van der Waals surface area contributed by atoms with Crippen molar-refractivity contribution in [3.8, 4) is 0 Å². The molecule has 0 heterocycles. The Labute approximate surface area is 159 Å². The lowest BCUT2D eigenvalue weighted by molar-refractivity contribution is 0.0949. The van der Waals surface area contributed by atoms with Crippen molar-refractivity contribution in [3.63, 3.8) is 0 Å². The molecule has 0 spiro atoms. The molecule has 136 valence electrons. The predicted octanol–water partition coefficient (Wildman–Crippen LogP) is 4.43. The molecule has 3 aromatic carbocycles. The topological polar surface area (TPSA) is 58.2 Å². The van der Waals surface area contributed by atoms with Crippen molar-refractivity contribution in [1.29, 1.82) is 0 Å². The van der Waals surface area contributed by atoms with E-state index in [1.807, 2.05) is 54.6 Å². The molecule has 0 aliphatic rings. The summed E-state index contributed by atoms with van der Waals surface area (Å²) in [7, 11) is 0. The van der Waals surface area contributed by atoms with Gasteiger partial charge in [-0.1, -0.05) is 49.4 Å². The number of carbonyl (C=O) groups excluding carboxylic acids is 2. The second kappa shape index (κ2) is 8.81. The molecule has 4 nitrogen and oxygen atoms in total. The summed E-state index contributed by atoms with van der Waals surface area (Å²) >= 11 is 0. The summed E-state index contributed by atoms with van der Waals surface area (Å²) < 4.78 is 0. The van der Waals surface area contributed by atoms with Gasteiger partial charge in [0, 0.05) is 23.4 Å². The third-order valence-corrected chi connectivity index (χ3v) is 4.33. The van der Waals surface area contributed by atoms with E-state index in [0.717, 1.165) is 17.7 Å². The van der Waals surface area contributed by atoms with Gasteiger partial charge in [-0.3, -0.25) is 9.59 Å². The minimum absolute atomic E-state index is 0.166. The number of carbonyl (C=O) groups is 2. The molecule has 0 aliphatic carbocycles. The quantitative estimate of drug-likeness (QED) is 0.685. The average Bonchev–Trinajstić information content (AvgIpc) is 2.73. The van der Waals surface area contributed by atoms with Crippen LogP contribution in [0.2, 0.25) is 0 Å². The summed E-state index contributed by atoms with van der Waals surface area (Å²) in [5, 5.41) is 5.74. The van der Waals surface area contributed by atoms with Gasteiger partial charge in [0.05, 0.1) is 0 Å². The third-order valence-electron chi connectivity index (χ3n) is 4.33. The fourth-order valence-electron chi connectivity index (χ4n) is 2.68. The van der Waals surface area contributed by atoms with E-state index in [1.54, 1.807) is 24.3 Å². The predicted molar refractivity (Wildman–Crippen MR) is 108 cm³/mol. The van der Waals surface area contributed by atoms with Crippen molar-refractivity contribution in [2.45, 2.75) is 19.9 Å². The van der Waals surface area contributed by atoms with E-state index >= 15 is 0 Å². The molecule has 3 aromatic rings. The molecule has 0 saturated heterocycles. The van der Waals surface area contributed by atoms with Gasteiger partial charge in [0.1, 0.15) is 0 Å². The fourth-order valence-corrected chi connectivity index (χ4v) is 2.68. The first-order valence-electron chi connectivity index (χ1n) is 8.98. The molecule has 4 heteroatoms. The Bertz CT molecular complexity index is 901. The minimum Gasteiger partial charge on any atom is -0.348 e. The number of hydrogen-bond acceptors (Lipinski definition) is 2. The Balaban J connectivity index is 1.58. The third kappa shape index (κ3) is 5.05. The molecule has 3 rings (SSSR count).